The number of carbonyl (C=O) groups excluding carboxylic acids is 1. The first-order valence-corrected chi connectivity index (χ1v) is 5.70. The number of ketones is 1. The Morgan fingerprint density at radius 1 is 1.38 bits per heavy atom. The van der Waals surface area contributed by atoms with Gasteiger partial charge < -0.3 is 10.8 Å². The molecule has 0 aromatic carbocycles. The molecule has 2 atom stereocenters. The maximum atomic E-state index is 11.9. The van der Waals surface area contributed by atoms with Crippen LogP contribution in [0.4, 0.5) is 0 Å². The molecule has 0 heterocycles. The van der Waals surface area contributed by atoms with Crippen LogP contribution in [-0.4, -0.2) is 16.0 Å². The van der Waals surface area contributed by atoms with E-state index in [4.69, 9.17) is 5.73 Å². The summed E-state index contributed by atoms with van der Waals surface area (Å²) in [6, 6.07) is 0. The smallest absolute Gasteiger partial charge is 0.211 e. The van der Waals surface area contributed by atoms with Crippen molar-refractivity contribution >= 4 is 23.1 Å². The molecule has 0 radical (unpaired) electrons. The summed E-state index contributed by atoms with van der Waals surface area (Å²) < 4.78 is 0. The number of azo groups is 1. The van der Waals surface area contributed by atoms with Crippen molar-refractivity contribution in [3.8, 4) is 0 Å². The van der Waals surface area contributed by atoms with Gasteiger partial charge in [0.2, 0.25) is 5.11 Å². The summed E-state index contributed by atoms with van der Waals surface area (Å²) in [5.74, 6) is -0.243. The fourth-order valence-electron chi connectivity index (χ4n) is 2.45. The van der Waals surface area contributed by atoms with Crippen LogP contribution >= 0.6 is 12.2 Å². The van der Waals surface area contributed by atoms with Gasteiger partial charge in [-0.2, -0.15) is 0 Å². The Kier molecular flexibility index (Phi) is 3.00. The number of aliphatic hydroxyl groups excluding tert-OH is 1. The Morgan fingerprint density at radius 2 is 2.00 bits per heavy atom. The predicted molar refractivity (Wildman–Crippen MR) is 61.8 cm³/mol. The van der Waals surface area contributed by atoms with Gasteiger partial charge in [0.25, 0.3) is 0 Å². The molecule has 0 aromatic rings. The fraction of sp³-hybridized carbons (Fsp3) is 0.600. The number of hydrogen-bond acceptors (Lipinski definition) is 4. The molecule has 0 bridgehead atoms. The van der Waals surface area contributed by atoms with Crippen molar-refractivity contribution in [2.45, 2.75) is 25.7 Å². The second-order valence-corrected chi connectivity index (χ2v) is 4.55. The number of hydrogen-bond donors (Lipinski definition) is 2. The lowest BCUT2D eigenvalue weighted by molar-refractivity contribution is -0.120. The highest BCUT2D eigenvalue weighted by atomic mass is 32.1. The van der Waals surface area contributed by atoms with Crippen LogP contribution < -0.4 is 5.73 Å². The van der Waals surface area contributed by atoms with Crippen molar-refractivity contribution in [3.05, 3.63) is 11.5 Å². The van der Waals surface area contributed by atoms with Gasteiger partial charge in [-0.05, 0) is 25.1 Å². The predicted octanol–water partition coefficient (Wildman–Crippen LogP) is 1.84. The average Bonchev–Trinajstić information content (AvgIpc) is 2.50. The lowest BCUT2D eigenvalue weighted by Gasteiger charge is -2.23. The summed E-state index contributed by atoms with van der Waals surface area (Å²) in [6.45, 7) is 0. The van der Waals surface area contributed by atoms with E-state index >= 15 is 0 Å². The molecule has 0 amide bonds. The average molecular weight is 239 g/mol. The number of carbonyl (C=O) groups is 1. The Labute approximate surface area is 98.4 Å². The monoisotopic (exact) mass is 239 g/mol. The van der Waals surface area contributed by atoms with Gasteiger partial charge in [0.15, 0.2) is 11.5 Å². The summed E-state index contributed by atoms with van der Waals surface area (Å²) in [5, 5.41) is 16.9. The summed E-state index contributed by atoms with van der Waals surface area (Å²) in [6.07, 6.45) is 3.73. The maximum Gasteiger partial charge on any atom is 0.211 e. The quantitative estimate of drug-likeness (QED) is 0.540. The number of fused-ring (bicyclic) bond motifs is 1. The largest absolute Gasteiger partial charge is 0.510 e. The van der Waals surface area contributed by atoms with Crippen LogP contribution in [0.15, 0.2) is 21.7 Å². The molecule has 16 heavy (non-hydrogen) atoms. The standard InChI is InChI=1S/C10H13N3O2S/c11-10(16)13-12-7-8(14)5-3-1-2-4-6(5)9(7)15/h5-6,14H,1-4H2,(H2,11,16). The third kappa shape index (κ3) is 1.84. The van der Waals surface area contributed by atoms with E-state index in [-0.39, 0.29) is 34.2 Å². The van der Waals surface area contributed by atoms with E-state index < -0.39 is 0 Å². The molecule has 1 saturated carbocycles. The van der Waals surface area contributed by atoms with Crippen molar-refractivity contribution in [2.24, 2.45) is 27.8 Å². The van der Waals surface area contributed by atoms with E-state index in [2.05, 4.69) is 22.4 Å². The van der Waals surface area contributed by atoms with Gasteiger partial charge in [0, 0.05) is 11.8 Å². The molecule has 6 heteroatoms. The second kappa shape index (κ2) is 4.29. The van der Waals surface area contributed by atoms with Crippen molar-refractivity contribution < 1.29 is 9.90 Å². The molecule has 0 spiro atoms. The molecule has 2 aliphatic carbocycles. The zero-order valence-electron chi connectivity index (χ0n) is 8.72. The van der Waals surface area contributed by atoms with E-state index in [1.54, 1.807) is 0 Å². The van der Waals surface area contributed by atoms with Crippen molar-refractivity contribution in [1.29, 1.82) is 0 Å². The first-order valence-electron chi connectivity index (χ1n) is 5.29. The minimum atomic E-state index is -0.136. The van der Waals surface area contributed by atoms with Crippen molar-refractivity contribution in [3.63, 3.8) is 0 Å². The molecule has 5 nitrogen and oxygen atoms in total. The molecule has 2 aliphatic rings. The van der Waals surface area contributed by atoms with Gasteiger partial charge in [-0.25, -0.2) is 0 Å². The second-order valence-electron chi connectivity index (χ2n) is 4.13. The van der Waals surface area contributed by atoms with Crippen LogP contribution in [0, 0.1) is 11.8 Å². The third-order valence-corrected chi connectivity index (χ3v) is 3.26. The van der Waals surface area contributed by atoms with Gasteiger partial charge in [-0.3, -0.25) is 4.79 Å². The van der Waals surface area contributed by atoms with Crippen molar-refractivity contribution in [2.75, 3.05) is 0 Å². The Balaban J connectivity index is 2.26. The number of rotatable bonds is 1. The van der Waals surface area contributed by atoms with Crippen LogP contribution in [0.3, 0.4) is 0 Å². The molecule has 2 rings (SSSR count). The third-order valence-electron chi connectivity index (χ3n) is 3.18. The van der Waals surface area contributed by atoms with Crippen LogP contribution in [0.25, 0.3) is 0 Å². The van der Waals surface area contributed by atoms with Gasteiger partial charge in [-0.15, -0.1) is 10.2 Å². The number of nitrogens with two attached hydrogens (primary N) is 1. The Hall–Kier alpha value is -1.30. The zero-order chi connectivity index (χ0) is 11.7. The van der Waals surface area contributed by atoms with Crippen LogP contribution in [0.5, 0.6) is 0 Å². The molecule has 0 aliphatic heterocycles. The molecule has 2 unspecified atom stereocenters. The molecule has 86 valence electrons. The molecule has 1 fully saturated rings. The van der Waals surface area contributed by atoms with Crippen LogP contribution in [0.2, 0.25) is 0 Å². The lowest BCUT2D eigenvalue weighted by atomic mass is 9.80. The lowest BCUT2D eigenvalue weighted by Crippen LogP contribution is -2.21. The van der Waals surface area contributed by atoms with E-state index in [0.29, 0.717) is 0 Å². The van der Waals surface area contributed by atoms with Gasteiger partial charge in [0.05, 0.1) is 0 Å². The van der Waals surface area contributed by atoms with Gasteiger partial charge >= 0.3 is 0 Å². The molecular weight excluding hydrogens is 226 g/mol. The first kappa shape index (κ1) is 11.2. The topological polar surface area (TPSA) is 88.0 Å². The number of thiocarbonyl (C=S) groups is 1. The van der Waals surface area contributed by atoms with E-state index in [0.717, 1.165) is 25.7 Å². The SMILES string of the molecule is NC(=S)N=NC1=C(O)C2CCCCC2C1=O. The molecule has 0 aromatic heterocycles. The fourth-order valence-corrected chi connectivity index (χ4v) is 2.49. The molecule has 0 saturated heterocycles. The highest BCUT2D eigenvalue weighted by molar-refractivity contribution is 7.80. The van der Waals surface area contributed by atoms with E-state index in [1.807, 2.05) is 0 Å². The van der Waals surface area contributed by atoms with Gasteiger partial charge in [-0.1, -0.05) is 12.8 Å². The molecule has 3 N–H and O–H groups in total. The highest BCUT2D eigenvalue weighted by Gasteiger charge is 2.43. The minimum Gasteiger partial charge on any atom is -0.510 e. The summed E-state index contributed by atoms with van der Waals surface area (Å²) in [5.41, 5.74) is 5.21. The van der Waals surface area contributed by atoms with Crippen LogP contribution in [-0.2, 0) is 4.79 Å². The number of aliphatic hydroxyl groups is 1. The van der Waals surface area contributed by atoms with Gasteiger partial charge in [0.1, 0.15) is 5.76 Å². The summed E-state index contributed by atoms with van der Waals surface area (Å²) in [4.78, 5) is 11.9. The van der Waals surface area contributed by atoms with E-state index in [9.17, 15) is 9.90 Å². The minimum absolute atomic E-state index is 0.0460. The van der Waals surface area contributed by atoms with Crippen LogP contribution in [0.1, 0.15) is 25.7 Å². The number of Topliss-reactive ketones (excluding diaryl/α,β-unsaturated/α-hetero) is 1. The molecular formula is C10H13N3O2S. The number of nitrogens with zero attached hydrogens (tertiary/aromatic N) is 2. The maximum absolute atomic E-state index is 11.9. The summed E-state index contributed by atoms with van der Waals surface area (Å²) >= 11 is 4.54. The van der Waals surface area contributed by atoms with E-state index in [1.165, 1.54) is 0 Å². The first-order chi connectivity index (χ1) is 7.61. The normalized spacial score (nSPS) is 29.9. The zero-order valence-corrected chi connectivity index (χ0v) is 9.54. The van der Waals surface area contributed by atoms with Crippen molar-refractivity contribution in [1.82, 2.24) is 0 Å². The Bertz CT molecular complexity index is 403. The highest BCUT2D eigenvalue weighted by Crippen LogP contribution is 2.42. The summed E-state index contributed by atoms with van der Waals surface area (Å²) in [7, 11) is 0. The Morgan fingerprint density at radius 3 is 2.56 bits per heavy atom. The number of allylic oxidation sites excluding steroid dienone is 2.